The van der Waals surface area contributed by atoms with Gasteiger partial charge in [-0.3, -0.25) is 13.7 Å². The van der Waals surface area contributed by atoms with E-state index in [0.29, 0.717) is 86.2 Å². The van der Waals surface area contributed by atoms with Crippen molar-refractivity contribution in [2.75, 3.05) is 0 Å². The highest BCUT2D eigenvalue weighted by Gasteiger charge is 2.30. The fourth-order valence-corrected chi connectivity index (χ4v) is 21.3. The number of para-hydroxylation sites is 9. The van der Waals surface area contributed by atoms with Gasteiger partial charge in [0.2, 0.25) is 17.8 Å². The number of benzene rings is 21. The maximum atomic E-state index is 8.80. The predicted molar refractivity (Wildman–Crippen MR) is 614 cm³/mol. The topological polar surface area (TPSA) is 146 Å². The molecule has 702 valence electrons. The molecule has 30 rings (SSSR count). The van der Waals surface area contributed by atoms with Gasteiger partial charge in [-0.2, -0.15) is 29.9 Å². The fourth-order valence-electron chi connectivity index (χ4n) is 21.3. The van der Waals surface area contributed by atoms with Gasteiger partial charge in [0, 0.05) is 115 Å². The van der Waals surface area contributed by atoms with Crippen molar-refractivity contribution in [1.82, 2.24) is 72.3 Å². The number of aromatic nitrogens is 15. The quantitative estimate of drug-likeness (QED) is 0.0979. The van der Waals surface area contributed by atoms with Crippen LogP contribution in [0.15, 0.2) is 527 Å². The van der Waals surface area contributed by atoms with Gasteiger partial charge in [0.1, 0.15) is 0 Å². The lowest BCUT2D eigenvalue weighted by Crippen LogP contribution is -2.06. The summed E-state index contributed by atoms with van der Waals surface area (Å²) in [6, 6.07) is 140. The van der Waals surface area contributed by atoms with E-state index < -0.39 is 30.2 Å². The summed E-state index contributed by atoms with van der Waals surface area (Å²) in [4.78, 5) is 45.7. The zero-order valence-corrected chi connectivity index (χ0v) is 79.8. The van der Waals surface area contributed by atoms with Gasteiger partial charge in [0.05, 0.1) is 86.8 Å². The standard InChI is InChI=1S/3C45H29N5/c1-4-15-30(16-5-1)32-19-14-20-33(29-32)44-46-43(31-17-6-2-7-18-31)47-45(48-44)50-39-26-13-11-24-37(39)41-40(50)28-27-36-35-23-10-12-25-38(35)49(42(36)41)34-21-8-3-9-22-34;1-4-14-30(15-5-1)31-24-26-33(27-25-31)44-46-43(32-16-6-2-7-17-32)47-45(48-44)50-39-23-13-11-21-37(39)41-40(50)29-28-36-35-20-10-12-22-38(35)49(42(36)41)34-18-8-3-9-19-34;1-4-16-30(17-5-1)33-22-10-11-24-36(33)44-46-43(31-18-6-2-7-19-31)47-45(48-44)50-39-27-15-13-25-37(39)41-40(50)29-28-35-34-23-12-14-26-38(34)49(42(35)41)32-20-8-3-9-21-32/h3*1-29H/i1D,4D,5D,15D,16D;1D,4D,5D,14D,15D;1D,4D,5D,16D,17D. The van der Waals surface area contributed by atoms with Crippen molar-refractivity contribution in [3.63, 3.8) is 0 Å². The van der Waals surface area contributed by atoms with Gasteiger partial charge in [-0.05, 0) is 130 Å². The molecule has 0 saturated heterocycles. The normalized spacial score (nSPS) is 13.0. The van der Waals surface area contributed by atoms with Crippen molar-refractivity contribution in [3.8, 4) is 137 Å². The molecule has 0 saturated carbocycles. The van der Waals surface area contributed by atoms with E-state index in [1.54, 1.807) is 42.5 Å². The number of nitrogens with zero attached hydrogens (tertiary/aromatic N) is 15. The fraction of sp³-hybridized carbons (Fsp3) is 0. The molecule has 9 aromatic heterocycles. The molecule has 0 spiro atoms. The summed E-state index contributed by atoms with van der Waals surface area (Å²) in [5, 5.41) is 13.2. The lowest BCUT2D eigenvalue weighted by Gasteiger charge is -2.13. The van der Waals surface area contributed by atoms with Gasteiger partial charge in [-0.25, -0.2) is 15.0 Å². The van der Waals surface area contributed by atoms with Gasteiger partial charge in [0.15, 0.2) is 34.9 Å². The zero-order chi connectivity index (χ0) is 112. The third-order valence-electron chi connectivity index (χ3n) is 27.8. The van der Waals surface area contributed by atoms with Crippen LogP contribution < -0.4 is 0 Å². The number of rotatable bonds is 15. The van der Waals surface area contributed by atoms with Crippen molar-refractivity contribution in [2.24, 2.45) is 0 Å². The summed E-state index contributed by atoms with van der Waals surface area (Å²) in [6.45, 7) is 0. The van der Waals surface area contributed by atoms with E-state index in [9.17, 15) is 0 Å². The van der Waals surface area contributed by atoms with E-state index in [2.05, 4.69) is 258 Å². The smallest absolute Gasteiger partial charge is 0.238 e. The zero-order valence-electron chi connectivity index (χ0n) is 94.8. The van der Waals surface area contributed by atoms with Crippen LogP contribution in [0.5, 0.6) is 0 Å². The maximum absolute atomic E-state index is 8.80. The summed E-state index contributed by atoms with van der Waals surface area (Å²) < 4.78 is 139. The molecule has 0 N–H and O–H groups in total. The first-order chi connectivity index (χ1) is 80.7. The summed E-state index contributed by atoms with van der Waals surface area (Å²) >= 11 is 0. The highest BCUT2D eigenvalue weighted by Crippen LogP contribution is 2.48. The molecule has 0 aliphatic heterocycles. The third-order valence-corrected chi connectivity index (χ3v) is 27.8. The van der Waals surface area contributed by atoms with Crippen LogP contribution in [0.2, 0.25) is 0 Å². The molecule has 30 aromatic rings. The molecular weight excluding hydrogens is 1830 g/mol. The molecule has 15 heteroatoms. The van der Waals surface area contributed by atoms with Gasteiger partial charge in [0.25, 0.3) is 0 Å². The van der Waals surface area contributed by atoms with Crippen LogP contribution in [-0.2, 0) is 0 Å². The van der Waals surface area contributed by atoms with Crippen LogP contribution in [0, 0.1) is 0 Å². The second-order valence-corrected chi connectivity index (χ2v) is 36.3. The van der Waals surface area contributed by atoms with E-state index in [1.165, 1.54) is 5.39 Å². The maximum Gasteiger partial charge on any atom is 0.238 e. The Morgan fingerprint density at radius 2 is 0.400 bits per heavy atom. The molecule has 15 nitrogen and oxygen atoms in total. The van der Waals surface area contributed by atoms with E-state index in [1.807, 2.05) is 164 Å². The Kier molecular flexibility index (Phi) is 17.9. The highest BCUT2D eigenvalue weighted by molar-refractivity contribution is 6.29. The summed E-state index contributed by atoms with van der Waals surface area (Å²) in [7, 11) is 0. The Bertz CT molecular complexity index is 11400. The van der Waals surface area contributed by atoms with Crippen LogP contribution in [0.4, 0.5) is 0 Å². The monoisotopic (exact) mass is 1930 g/mol. The van der Waals surface area contributed by atoms with Crippen LogP contribution in [0.1, 0.15) is 20.6 Å². The number of hydrogen-bond acceptors (Lipinski definition) is 9. The molecule has 0 unspecified atom stereocenters. The molecule has 0 aliphatic carbocycles. The molecular formula is C135H87N15. The molecule has 9 heterocycles. The Morgan fingerprint density at radius 1 is 0.147 bits per heavy atom. The average molecular weight is 1930 g/mol. The van der Waals surface area contributed by atoms with E-state index in [-0.39, 0.29) is 77.1 Å². The largest absolute Gasteiger partial charge is 0.309 e. The molecule has 21 aromatic carbocycles. The van der Waals surface area contributed by atoms with E-state index in [4.69, 9.17) is 65.4 Å². The minimum atomic E-state index is -0.447. The molecule has 0 bridgehead atoms. The van der Waals surface area contributed by atoms with Crippen molar-refractivity contribution < 1.29 is 20.6 Å². The first-order valence-corrected chi connectivity index (χ1v) is 49.2. The van der Waals surface area contributed by atoms with Crippen LogP contribution >= 0.6 is 0 Å². The van der Waals surface area contributed by atoms with Gasteiger partial charge >= 0.3 is 0 Å². The van der Waals surface area contributed by atoms with Crippen molar-refractivity contribution in [1.29, 1.82) is 0 Å². The van der Waals surface area contributed by atoms with Crippen LogP contribution in [0.3, 0.4) is 0 Å². The van der Waals surface area contributed by atoms with Crippen molar-refractivity contribution in [2.45, 2.75) is 0 Å². The molecule has 0 fully saturated rings. The van der Waals surface area contributed by atoms with Crippen LogP contribution in [-0.4, -0.2) is 72.3 Å². The minimum Gasteiger partial charge on any atom is -0.309 e. The lowest BCUT2D eigenvalue weighted by atomic mass is 9.99. The Labute approximate surface area is 882 Å². The molecule has 150 heavy (non-hydrogen) atoms. The average Bonchev–Trinajstić information content (AvgIpc) is 1.55. The van der Waals surface area contributed by atoms with Crippen molar-refractivity contribution >= 4 is 131 Å². The predicted octanol–water partition coefficient (Wildman–Crippen LogP) is 33.2. The second-order valence-electron chi connectivity index (χ2n) is 36.3. The van der Waals surface area contributed by atoms with Gasteiger partial charge in [-0.1, -0.05) is 430 Å². The molecule has 0 amide bonds. The first kappa shape index (κ1) is 72.7. The molecule has 0 radical (unpaired) electrons. The number of hydrogen-bond donors (Lipinski definition) is 0. The van der Waals surface area contributed by atoms with Crippen LogP contribution in [0.25, 0.3) is 267 Å². The van der Waals surface area contributed by atoms with Crippen molar-refractivity contribution in [3.05, 3.63) is 527 Å². The Balaban J connectivity index is 0.000000116. The van der Waals surface area contributed by atoms with Gasteiger partial charge in [-0.15, -0.1) is 0 Å². The summed E-state index contributed by atoms with van der Waals surface area (Å²) in [5.74, 6) is 3.77. The summed E-state index contributed by atoms with van der Waals surface area (Å²) in [6.07, 6.45) is 0. The SMILES string of the molecule is [2H]c1c([2H])c([2H])c(-c2ccc(-c3nc(-c4ccccc4)nc(-n4c5ccccc5c5c4ccc4c6ccccc6n(-c6ccccc6)c45)n3)cc2)c([2H])c1[2H].[2H]c1c([2H])c([2H])c(-c2cccc(-c3nc(-c4ccccc4)nc(-n4c5ccccc5c5c4ccc4c6ccccc6n(-c6ccccc6)c45)n3)c2)c([2H])c1[2H].[2H]c1c([2H])c([2H])c(-c2ccccc2-c2nc(-c3ccccc3)nc(-n3c4ccccc4c4c3ccc3c5ccccc5n(-c5ccccc5)c34)n2)c([2H])c1[2H]. The first-order valence-electron chi connectivity index (χ1n) is 56.7. The highest BCUT2D eigenvalue weighted by atomic mass is 15.2. The summed E-state index contributed by atoms with van der Waals surface area (Å²) in [5.41, 5.74) is 21.3. The van der Waals surface area contributed by atoms with E-state index in [0.717, 1.165) is 159 Å². The van der Waals surface area contributed by atoms with Gasteiger partial charge < -0.3 is 13.7 Å². The second kappa shape index (κ2) is 37.0. The lowest BCUT2D eigenvalue weighted by molar-refractivity contribution is 0.953. The third kappa shape index (κ3) is 15.1. The molecule has 0 atom stereocenters. The molecule has 0 aliphatic rings. The number of fused-ring (bicyclic) bond motifs is 21. The Morgan fingerprint density at radius 3 is 0.760 bits per heavy atom. The van der Waals surface area contributed by atoms with E-state index >= 15 is 0 Å². The minimum absolute atomic E-state index is 0.0813. The Hall–Kier alpha value is -20.6.